The molecule has 2 unspecified atom stereocenters. The van der Waals surface area contributed by atoms with Gasteiger partial charge < -0.3 is 11.1 Å². The van der Waals surface area contributed by atoms with E-state index in [1.54, 1.807) is 48.8 Å². The van der Waals surface area contributed by atoms with Crippen LogP contribution in [0.5, 0.6) is 0 Å². The molecular formula is C20H18N4O2. The van der Waals surface area contributed by atoms with E-state index in [1.165, 1.54) is 10.6 Å². The first-order valence-corrected chi connectivity index (χ1v) is 8.42. The van der Waals surface area contributed by atoms with E-state index in [1.807, 2.05) is 12.1 Å². The summed E-state index contributed by atoms with van der Waals surface area (Å²) >= 11 is 0. The van der Waals surface area contributed by atoms with E-state index >= 15 is 0 Å². The van der Waals surface area contributed by atoms with E-state index in [4.69, 9.17) is 5.73 Å². The summed E-state index contributed by atoms with van der Waals surface area (Å²) in [6, 6.07) is 15.2. The number of aromatic nitrogens is 2. The van der Waals surface area contributed by atoms with Crippen LogP contribution in [0.4, 0.5) is 0 Å². The van der Waals surface area contributed by atoms with Crippen LogP contribution in [0, 0.1) is 0 Å². The van der Waals surface area contributed by atoms with E-state index in [0.29, 0.717) is 17.7 Å². The van der Waals surface area contributed by atoms with Crippen molar-refractivity contribution in [2.24, 2.45) is 5.73 Å². The van der Waals surface area contributed by atoms with Crippen LogP contribution in [0.15, 0.2) is 71.8 Å². The minimum Gasteiger partial charge on any atom is -0.342 e. The van der Waals surface area contributed by atoms with Crippen LogP contribution in [0.2, 0.25) is 0 Å². The third-order valence-corrected chi connectivity index (χ3v) is 4.62. The minimum atomic E-state index is -0.296. The molecule has 0 radical (unpaired) electrons. The third kappa shape index (κ3) is 2.91. The zero-order valence-corrected chi connectivity index (χ0v) is 14.0. The number of carbonyl (C=O) groups is 1. The van der Waals surface area contributed by atoms with Gasteiger partial charge in [-0.05, 0) is 48.4 Å². The average molecular weight is 346 g/mol. The normalized spacial score (nSPS) is 18.3. The number of pyridine rings is 2. The number of fused-ring (bicyclic) bond motifs is 1. The van der Waals surface area contributed by atoms with Gasteiger partial charge in [0.1, 0.15) is 0 Å². The van der Waals surface area contributed by atoms with Crippen molar-refractivity contribution in [2.75, 3.05) is 0 Å². The van der Waals surface area contributed by atoms with Crippen molar-refractivity contribution in [1.29, 1.82) is 0 Å². The highest BCUT2D eigenvalue weighted by molar-refractivity contribution is 5.94. The third-order valence-electron chi connectivity index (χ3n) is 4.62. The number of rotatable bonds is 3. The van der Waals surface area contributed by atoms with Crippen LogP contribution < -0.4 is 16.6 Å². The van der Waals surface area contributed by atoms with Gasteiger partial charge in [-0.1, -0.05) is 12.1 Å². The molecule has 1 amide bonds. The van der Waals surface area contributed by atoms with Gasteiger partial charge in [-0.15, -0.1) is 0 Å². The molecule has 2 heterocycles. The van der Waals surface area contributed by atoms with E-state index in [2.05, 4.69) is 10.3 Å². The SMILES string of the molecule is NC1Cc2cccnc2C1NC(=O)c1ccc(-n2ccccc2=O)cc1. The lowest BCUT2D eigenvalue weighted by Crippen LogP contribution is -2.38. The van der Waals surface area contributed by atoms with Gasteiger partial charge in [0.15, 0.2) is 0 Å². The Kier molecular flexibility index (Phi) is 4.10. The van der Waals surface area contributed by atoms with E-state index in [9.17, 15) is 9.59 Å². The molecule has 1 aliphatic carbocycles. The van der Waals surface area contributed by atoms with Gasteiger partial charge >= 0.3 is 0 Å². The second-order valence-corrected chi connectivity index (χ2v) is 6.32. The summed E-state index contributed by atoms with van der Waals surface area (Å²) in [7, 11) is 0. The summed E-state index contributed by atoms with van der Waals surface area (Å²) in [5.41, 5.74) is 9.18. The lowest BCUT2D eigenvalue weighted by Gasteiger charge is -2.18. The first kappa shape index (κ1) is 16.2. The molecule has 0 spiro atoms. The molecule has 6 nitrogen and oxygen atoms in total. The summed E-state index contributed by atoms with van der Waals surface area (Å²) in [5, 5.41) is 2.98. The Morgan fingerprint density at radius 2 is 1.92 bits per heavy atom. The average Bonchev–Trinajstić information content (AvgIpc) is 2.98. The monoisotopic (exact) mass is 346 g/mol. The van der Waals surface area contributed by atoms with Crippen molar-refractivity contribution in [1.82, 2.24) is 14.9 Å². The number of carbonyl (C=O) groups excluding carboxylic acids is 1. The molecular weight excluding hydrogens is 328 g/mol. The summed E-state index contributed by atoms with van der Waals surface area (Å²) in [5.74, 6) is -0.212. The zero-order chi connectivity index (χ0) is 18.1. The van der Waals surface area contributed by atoms with Gasteiger partial charge in [0, 0.05) is 35.8 Å². The first-order valence-electron chi connectivity index (χ1n) is 8.42. The second-order valence-electron chi connectivity index (χ2n) is 6.32. The predicted octanol–water partition coefficient (Wildman–Crippen LogP) is 1.59. The Bertz CT molecular complexity index is 1010. The molecule has 1 aliphatic rings. The number of nitrogens with zero attached hydrogens (tertiary/aromatic N) is 2. The van der Waals surface area contributed by atoms with Gasteiger partial charge in [-0.3, -0.25) is 19.1 Å². The zero-order valence-electron chi connectivity index (χ0n) is 14.0. The molecule has 2 aromatic heterocycles. The molecule has 4 rings (SSSR count). The molecule has 0 fully saturated rings. The summed E-state index contributed by atoms with van der Waals surface area (Å²) in [4.78, 5) is 28.9. The number of nitrogens with one attached hydrogen (secondary N) is 1. The maximum absolute atomic E-state index is 12.6. The Labute approximate surface area is 150 Å². The molecule has 130 valence electrons. The summed E-state index contributed by atoms with van der Waals surface area (Å²) in [6.07, 6.45) is 4.10. The van der Waals surface area contributed by atoms with Crippen LogP contribution in [0.3, 0.4) is 0 Å². The smallest absolute Gasteiger partial charge is 0.255 e. The summed E-state index contributed by atoms with van der Waals surface area (Å²) in [6.45, 7) is 0. The van der Waals surface area contributed by atoms with Gasteiger partial charge in [0.25, 0.3) is 11.5 Å². The predicted molar refractivity (Wildman–Crippen MR) is 98.2 cm³/mol. The summed E-state index contributed by atoms with van der Waals surface area (Å²) < 4.78 is 1.52. The second kappa shape index (κ2) is 6.57. The molecule has 26 heavy (non-hydrogen) atoms. The quantitative estimate of drug-likeness (QED) is 0.753. The van der Waals surface area contributed by atoms with Gasteiger partial charge in [0.2, 0.25) is 0 Å². The lowest BCUT2D eigenvalue weighted by atomic mass is 10.1. The standard InChI is InChI=1S/C20H18N4O2/c21-16-12-14-4-3-10-22-18(14)19(16)23-20(26)13-6-8-15(9-7-13)24-11-2-1-5-17(24)25/h1-11,16,19H,12,21H2,(H,23,26). The highest BCUT2D eigenvalue weighted by Gasteiger charge is 2.32. The molecule has 0 bridgehead atoms. The van der Waals surface area contributed by atoms with E-state index in [0.717, 1.165) is 11.3 Å². The maximum atomic E-state index is 12.6. The van der Waals surface area contributed by atoms with Crippen LogP contribution in [-0.2, 0) is 6.42 Å². The molecule has 3 aromatic rings. The largest absolute Gasteiger partial charge is 0.342 e. The highest BCUT2D eigenvalue weighted by Crippen LogP contribution is 2.28. The fourth-order valence-electron chi connectivity index (χ4n) is 3.29. The Morgan fingerprint density at radius 3 is 2.69 bits per heavy atom. The topological polar surface area (TPSA) is 90.0 Å². The van der Waals surface area contributed by atoms with Crippen molar-refractivity contribution in [3.63, 3.8) is 0 Å². The molecule has 0 saturated heterocycles. The van der Waals surface area contributed by atoms with Gasteiger partial charge in [-0.2, -0.15) is 0 Å². The Morgan fingerprint density at radius 1 is 1.12 bits per heavy atom. The van der Waals surface area contributed by atoms with E-state index in [-0.39, 0.29) is 23.6 Å². The first-order chi connectivity index (χ1) is 12.6. The molecule has 0 saturated carbocycles. The molecule has 0 aliphatic heterocycles. The Balaban J connectivity index is 1.54. The Hall–Kier alpha value is -3.25. The van der Waals surface area contributed by atoms with Crippen LogP contribution in [0.1, 0.15) is 27.7 Å². The molecule has 3 N–H and O–H groups in total. The molecule has 6 heteroatoms. The number of benzene rings is 1. The number of amides is 1. The fourth-order valence-corrected chi connectivity index (χ4v) is 3.29. The lowest BCUT2D eigenvalue weighted by molar-refractivity contribution is 0.0932. The fraction of sp³-hybridized carbons (Fsp3) is 0.150. The van der Waals surface area contributed by atoms with Crippen LogP contribution in [-0.4, -0.2) is 21.5 Å². The van der Waals surface area contributed by atoms with Gasteiger partial charge in [-0.25, -0.2) is 0 Å². The van der Waals surface area contributed by atoms with E-state index < -0.39 is 0 Å². The van der Waals surface area contributed by atoms with Crippen molar-refractivity contribution >= 4 is 5.91 Å². The maximum Gasteiger partial charge on any atom is 0.255 e. The van der Waals surface area contributed by atoms with Crippen molar-refractivity contribution in [2.45, 2.75) is 18.5 Å². The van der Waals surface area contributed by atoms with Crippen molar-refractivity contribution < 1.29 is 4.79 Å². The minimum absolute atomic E-state index is 0.121. The molecule has 1 aromatic carbocycles. The molecule has 2 atom stereocenters. The van der Waals surface area contributed by atoms with Crippen molar-refractivity contribution in [3.8, 4) is 5.69 Å². The van der Waals surface area contributed by atoms with Crippen LogP contribution >= 0.6 is 0 Å². The highest BCUT2D eigenvalue weighted by atomic mass is 16.1. The number of hydrogen-bond donors (Lipinski definition) is 2. The van der Waals surface area contributed by atoms with Gasteiger partial charge in [0.05, 0.1) is 11.7 Å². The van der Waals surface area contributed by atoms with Crippen molar-refractivity contribution in [3.05, 3.63) is 94.2 Å². The number of hydrogen-bond acceptors (Lipinski definition) is 4. The number of nitrogens with two attached hydrogens (primary N) is 1. The van der Waals surface area contributed by atoms with Crippen LogP contribution in [0.25, 0.3) is 5.69 Å².